The highest BCUT2D eigenvalue weighted by Gasteiger charge is 2.18. The normalized spacial score (nSPS) is 11.2. The van der Waals surface area contributed by atoms with E-state index in [9.17, 15) is 8.42 Å². The van der Waals surface area contributed by atoms with E-state index < -0.39 is 10.0 Å². The minimum atomic E-state index is -3.84. The summed E-state index contributed by atoms with van der Waals surface area (Å²) in [6, 6.07) is 4.84. The van der Waals surface area contributed by atoms with Crippen molar-refractivity contribution in [2.24, 2.45) is 0 Å². The van der Waals surface area contributed by atoms with Gasteiger partial charge in [-0.05, 0) is 48.0 Å². The summed E-state index contributed by atoms with van der Waals surface area (Å²) in [7, 11) is -3.84. The second-order valence-electron chi connectivity index (χ2n) is 4.67. The molecule has 0 bridgehead atoms. The van der Waals surface area contributed by atoms with Crippen LogP contribution in [-0.4, -0.2) is 36.5 Å². The van der Waals surface area contributed by atoms with Gasteiger partial charge in [-0.1, -0.05) is 15.9 Å². The highest BCUT2D eigenvalue weighted by Crippen LogP contribution is 2.25. The molecule has 1 heterocycles. The Balaban J connectivity index is 2.23. The lowest BCUT2D eigenvalue weighted by Gasteiger charge is -2.12. The molecule has 0 aliphatic carbocycles. The fourth-order valence-corrected chi connectivity index (χ4v) is 4.10. The van der Waals surface area contributed by atoms with Crippen molar-refractivity contribution in [1.82, 2.24) is 19.8 Å². The van der Waals surface area contributed by atoms with E-state index in [0.29, 0.717) is 33.9 Å². The molecule has 12 heteroatoms. The van der Waals surface area contributed by atoms with E-state index in [1.165, 1.54) is 6.07 Å². The van der Waals surface area contributed by atoms with Gasteiger partial charge in [0.1, 0.15) is 0 Å². The quantitative estimate of drug-likeness (QED) is 0.413. The van der Waals surface area contributed by atoms with Crippen LogP contribution in [0, 0.1) is 0 Å². The molecule has 0 radical (unpaired) electrons. The zero-order valence-corrected chi connectivity index (χ0v) is 17.5. The van der Waals surface area contributed by atoms with Crippen molar-refractivity contribution in [3.8, 4) is 0 Å². The van der Waals surface area contributed by atoms with Crippen molar-refractivity contribution in [3.05, 3.63) is 27.1 Å². The van der Waals surface area contributed by atoms with Crippen LogP contribution < -0.4 is 20.9 Å². The van der Waals surface area contributed by atoms with E-state index in [1.807, 2.05) is 13.8 Å². The van der Waals surface area contributed by atoms with Crippen molar-refractivity contribution in [2.75, 3.05) is 29.1 Å². The van der Waals surface area contributed by atoms with Crippen molar-refractivity contribution in [3.63, 3.8) is 0 Å². The minimum absolute atomic E-state index is 0.0663. The lowest BCUT2D eigenvalue weighted by Crippen LogP contribution is -2.31. The Bertz CT molecular complexity index is 824. The van der Waals surface area contributed by atoms with Gasteiger partial charge in [0.15, 0.2) is 0 Å². The summed E-state index contributed by atoms with van der Waals surface area (Å²) in [5, 5.41) is 5.92. The second-order valence-corrected chi connectivity index (χ2v) is 8.09. The molecule has 4 N–H and O–H groups in total. The highest BCUT2D eigenvalue weighted by atomic mass is 79.9. The van der Waals surface area contributed by atoms with E-state index in [4.69, 9.17) is 0 Å². The van der Waals surface area contributed by atoms with Crippen LogP contribution in [0.1, 0.15) is 13.8 Å². The van der Waals surface area contributed by atoms with Gasteiger partial charge in [-0.25, -0.2) is 8.42 Å². The molecule has 25 heavy (non-hydrogen) atoms. The monoisotopic (exact) mass is 493 g/mol. The van der Waals surface area contributed by atoms with Crippen LogP contribution in [0.2, 0.25) is 0 Å². The molecule has 9 nitrogen and oxygen atoms in total. The predicted octanol–water partition coefficient (Wildman–Crippen LogP) is 2.57. The summed E-state index contributed by atoms with van der Waals surface area (Å²) in [4.78, 5) is 14.7. The molecule has 0 saturated heterocycles. The maximum absolute atomic E-state index is 12.5. The van der Waals surface area contributed by atoms with Gasteiger partial charge in [0.25, 0.3) is 10.0 Å². The Labute approximate surface area is 162 Å². The van der Waals surface area contributed by atoms with E-state index in [0.717, 1.165) is 0 Å². The molecule has 2 rings (SSSR count). The summed E-state index contributed by atoms with van der Waals surface area (Å²) >= 11 is 6.48. The molecule has 136 valence electrons. The van der Waals surface area contributed by atoms with Crippen molar-refractivity contribution in [1.29, 1.82) is 0 Å². The van der Waals surface area contributed by atoms with Crippen LogP contribution >= 0.6 is 31.9 Å². The molecule has 0 aliphatic heterocycles. The molecule has 0 atom stereocenters. The summed E-state index contributed by atoms with van der Waals surface area (Å²) < 4.78 is 26.0. The van der Waals surface area contributed by atoms with Crippen LogP contribution in [0.5, 0.6) is 0 Å². The first-order valence-electron chi connectivity index (χ1n) is 7.32. The van der Waals surface area contributed by atoms with Crippen LogP contribution in [0.25, 0.3) is 0 Å². The topological polar surface area (TPSA) is 121 Å². The SMILES string of the molecule is CCNc1nc(NCC)nc(NNS(=O)(=O)c2cc(Br)ccc2Br)n1. The standard InChI is InChI=1S/C13H17Br2N7O2S/c1-3-16-11-18-12(17-4-2)20-13(19-11)21-22-25(23,24)10-7-8(14)5-6-9(10)15/h5-7,22H,3-4H2,1-2H3,(H3,16,17,18,19,20,21). The molecular formula is C13H17Br2N7O2S. The molecule has 0 spiro atoms. The predicted molar refractivity (Wildman–Crippen MR) is 104 cm³/mol. The molecule has 1 aromatic carbocycles. The van der Waals surface area contributed by atoms with Gasteiger partial charge in [-0.3, -0.25) is 5.43 Å². The Kier molecular flexibility index (Phi) is 6.93. The van der Waals surface area contributed by atoms with Gasteiger partial charge >= 0.3 is 0 Å². The first-order chi connectivity index (χ1) is 11.9. The first kappa shape index (κ1) is 19.8. The third-order valence-electron chi connectivity index (χ3n) is 2.79. The first-order valence-corrected chi connectivity index (χ1v) is 10.4. The number of nitrogens with one attached hydrogen (secondary N) is 4. The molecule has 0 unspecified atom stereocenters. The lowest BCUT2D eigenvalue weighted by molar-refractivity contribution is 0.586. The summed E-state index contributed by atoms with van der Waals surface area (Å²) in [5.41, 5.74) is 2.51. The average molecular weight is 495 g/mol. The molecule has 0 amide bonds. The third-order valence-corrected chi connectivity index (χ3v) is 5.52. The number of rotatable bonds is 8. The fourth-order valence-electron chi connectivity index (χ4n) is 1.76. The molecule has 2 aromatic rings. The van der Waals surface area contributed by atoms with Crippen molar-refractivity contribution < 1.29 is 8.42 Å². The number of aromatic nitrogens is 3. The Hall–Kier alpha value is -1.50. The molecule has 1 aromatic heterocycles. The van der Waals surface area contributed by atoms with E-state index in [1.54, 1.807) is 12.1 Å². The van der Waals surface area contributed by atoms with Gasteiger partial charge in [0.2, 0.25) is 17.8 Å². The minimum Gasteiger partial charge on any atom is -0.354 e. The van der Waals surface area contributed by atoms with Gasteiger partial charge in [0, 0.05) is 22.0 Å². The van der Waals surface area contributed by atoms with Crippen LogP contribution in [0.4, 0.5) is 17.8 Å². The van der Waals surface area contributed by atoms with Crippen molar-refractivity contribution >= 4 is 59.7 Å². The van der Waals surface area contributed by atoms with Gasteiger partial charge in [-0.15, -0.1) is 4.83 Å². The third kappa shape index (κ3) is 5.49. The Morgan fingerprint density at radius 2 is 1.52 bits per heavy atom. The Morgan fingerprint density at radius 3 is 2.08 bits per heavy atom. The molecule has 0 aliphatic rings. The summed E-state index contributed by atoms with van der Waals surface area (Å²) in [5.74, 6) is 0.731. The number of hydrogen-bond acceptors (Lipinski definition) is 8. The number of hydrogen-bond donors (Lipinski definition) is 4. The fraction of sp³-hybridized carbons (Fsp3) is 0.308. The van der Waals surface area contributed by atoms with Crippen molar-refractivity contribution in [2.45, 2.75) is 18.7 Å². The van der Waals surface area contributed by atoms with Crippen LogP contribution in [0.3, 0.4) is 0 Å². The smallest absolute Gasteiger partial charge is 0.258 e. The number of halogens is 2. The lowest BCUT2D eigenvalue weighted by atomic mass is 10.4. The van der Waals surface area contributed by atoms with Gasteiger partial charge in [0.05, 0.1) is 4.90 Å². The molecule has 0 saturated carbocycles. The number of anilines is 3. The number of sulfonamides is 1. The maximum Gasteiger partial charge on any atom is 0.258 e. The van der Waals surface area contributed by atoms with Gasteiger partial charge < -0.3 is 10.6 Å². The molecular weight excluding hydrogens is 478 g/mol. The Morgan fingerprint density at radius 1 is 0.960 bits per heavy atom. The largest absolute Gasteiger partial charge is 0.354 e. The zero-order valence-electron chi connectivity index (χ0n) is 13.5. The summed E-state index contributed by atoms with van der Waals surface area (Å²) in [6.45, 7) is 5.03. The summed E-state index contributed by atoms with van der Waals surface area (Å²) in [6.07, 6.45) is 0. The second kappa shape index (κ2) is 8.74. The van der Waals surface area contributed by atoms with E-state index in [-0.39, 0.29) is 10.8 Å². The van der Waals surface area contributed by atoms with Gasteiger partial charge in [-0.2, -0.15) is 15.0 Å². The van der Waals surface area contributed by atoms with E-state index in [2.05, 4.69) is 67.7 Å². The maximum atomic E-state index is 12.5. The molecule has 0 fully saturated rings. The number of benzene rings is 1. The number of nitrogens with zero attached hydrogens (tertiary/aromatic N) is 3. The highest BCUT2D eigenvalue weighted by molar-refractivity contribution is 9.11. The van der Waals surface area contributed by atoms with E-state index >= 15 is 0 Å². The number of hydrazine groups is 1. The van der Waals surface area contributed by atoms with Crippen LogP contribution in [-0.2, 0) is 10.0 Å². The van der Waals surface area contributed by atoms with Crippen LogP contribution in [0.15, 0.2) is 32.0 Å². The zero-order chi connectivity index (χ0) is 18.4. The average Bonchev–Trinajstić information content (AvgIpc) is 2.56.